The Hall–Kier alpha value is -0.620. The van der Waals surface area contributed by atoms with Crippen LogP contribution in [-0.2, 0) is 0 Å². The van der Waals surface area contributed by atoms with Gasteiger partial charge in [-0.3, -0.25) is 0 Å². The van der Waals surface area contributed by atoms with Crippen LogP contribution in [0.15, 0.2) is 12.4 Å². The third-order valence-corrected chi connectivity index (χ3v) is 5.96. The van der Waals surface area contributed by atoms with E-state index in [4.69, 9.17) is 5.73 Å². The number of hydrogen-bond acceptors (Lipinski definition) is 5. The molecule has 0 aromatic carbocycles. The molecule has 2 saturated heterocycles. The summed E-state index contributed by atoms with van der Waals surface area (Å²) >= 11 is 0. The largest absolute Gasteiger partial charge is 0.356 e. The minimum absolute atomic E-state index is 0. The first-order chi connectivity index (χ1) is 11.3. The highest BCUT2D eigenvalue weighted by molar-refractivity contribution is 5.85. The molecule has 0 amide bonds. The second kappa shape index (κ2) is 9.36. The molecule has 2 N–H and O–H groups in total. The highest BCUT2D eigenvalue weighted by atomic mass is 35.5. The first-order valence-corrected chi connectivity index (χ1v) is 9.36. The minimum atomic E-state index is 0. The first kappa shape index (κ1) is 20.7. The van der Waals surface area contributed by atoms with Gasteiger partial charge in [0.05, 0.1) is 0 Å². The second-order valence-electron chi connectivity index (χ2n) is 7.54. The van der Waals surface area contributed by atoms with Gasteiger partial charge in [0.25, 0.3) is 0 Å². The van der Waals surface area contributed by atoms with Crippen molar-refractivity contribution in [2.24, 2.45) is 5.73 Å². The zero-order valence-corrected chi connectivity index (χ0v) is 16.5. The van der Waals surface area contributed by atoms with E-state index in [-0.39, 0.29) is 24.8 Å². The molecule has 3 fully saturated rings. The normalized spacial score (nSPS) is 27.8. The molecule has 7 heteroatoms. The molecule has 1 aliphatic carbocycles. The topological polar surface area (TPSA) is 58.3 Å². The molecule has 0 atom stereocenters. The van der Waals surface area contributed by atoms with Gasteiger partial charge in [0.2, 0.25) is 0 Å². The third kappa shape index (κ3) is 4.76. The van der Waals surface area contributed by atoms with Crippen LogP contribution >= 0.6 is 24.8 Å². The smallest absolute Gasteiger partial charge is 0.132 e. The van der Waals surface area contributed by atoms with Gasteiger partial charge in [-0.2, -0.15) is 0 Å². The van der Waals surface area contributed by atoms with E-state index in [1.165, 1.54) is 50.9 Å². The molecule has 0 radical (unpaired) electrons. The van der Waals surface area contributed by atoms with Crippen molar-refractivity contribution in [2.75, 3.05) is 31.1 Å². The van der Waals surface area contributed by atoms with Gasteiger partial charge in [0.15, 0.2) is 0 Å². The molecule has 0 bridgehead atoms. The number of nitrogens with zero attached hydrogens (tertiary/aromatic N) is 4. The van der Waals surface area contributed by atoms with Gasteiger partial charge >= 0.3 is 0 Å². The lowest BCUT2D eigenvalue weighted by Crippen LogP contribution is -2.47. The highest BCUT2D eigenvalue weighted by Crippen LogP contribution is 2.35. The van der Waals surface area contributed by atoms with E-state index in [1.807, 2.05) is 0 Å². The Labute approximate surface area is 163 Å². The van der Waals surface area contributed by atoms with Crippen molar-refractivity contribution < 1.29 is 0 Å². The summed E-state index contributed by atoms with van der Waals surface area (Å²) in [7, 11) is 0. The van der Waals surface area contributed by atoms with E-state index in [1.54, 1.807) is 6.33 Å². The fraction of sp³-hybridized carbons (Fsp3) is 0.778. The molecular weight excluding hydrogens is 357 g/mol. The average molecular weight is 388 g/mol. The van der Waals surface area contributed by atoms with Gasteiger partial charge in [-0.15, -0.1) is 24.8 Å². The molecule has 142 valence electrons. The maximum atomic E-state index is 5.91. The van der Waals surface area contributed by atoms with Crippen molar-refractivity contribution in [1.29, 1.82) is 0 Å². The molecule has 25 heavy (non-hydrogen) atoms. The number of piperidine rings is 2. The van der Waals surface area contributed by atoms with Gasteiger partial charge in [0, 0.05) is 42.9 Å². The highest BCUT2D eigenvalue weighted by Gasteiger charge is 2.30. The lowest BCUT2D eigenvalue weighted by molar-refractivity contribution is 0.141. The Morgan fingerprint density at radius 3 is 2.24 bits per heavy atom. The van der Waals surface area contributed by atoms with Crippen LogP contribution in [0.4, 0.5) is 5.82 Å². The number of likely N-dealkylation sites (tertiary alicyclic amines) is 1. The van der Waals surface area contributed by atoms with Crippen LogP contribution in [0.1, 0.15) is 56.6 Å². The summed E-state index contributed by atoms with van der Waals surface area (Å²) in [6.45, 7) is 4.87. The van der Waals surface area contributed by atoms with Crippen LogP contribution < -0.4 is 10.6 Å². The van der Waals surface area contributed by atoms with Crippen LogP contribution in [0.5, 0.6) is 0 Å². The summed E-state index contributed by atoms with van der Waals surface area (Å²) in [5.74, 6) is 1.67. The summed E-state index contributed by atoms with van der Waals surface area (Å²) in [6, 6.07) is 3.37. The molecule has 3 aliphatic rings. The monoisotopic (exact) mass is 387 g/mol. The second-order valence-corrected chi connectivity index (χ2v) is 7.54. The standard InChI is InChI=1S/C18H29N5.2ClH/c19-15-10-14(11-15)17-12-18(21-13-20-17)23-8-4-16(5-9-23)22-6-2-1-3-7-22;;/h12-16H,1-11,19H2;2*1H. The van der Waals surface area contributed by atoms with Gasteiger partial charge in [-0.05, 0) is 51.6 Å². The molecule has 3 heterocycles. The number of rotatable bonds is 3. The average Bonchev–Trinajstić information content (AvgIpc) is 2.60. The fourth-order valence-corrected chi connectivity index (χ4v) is 4.40. The van der Waals surface area contributed by atoms with Crippen LogP contribution in [0.3, 0.4) is 0 Å². The van der Waals surface area contributed by atoms with Crippen LogP contribution in [0.25, 0.3) is 0 Å². The molecule has 0 spiro atoms. The van der Waals surface area contributed by atoms with Gasteiger partial charge in [-0.1, -0.05) is 6.42 Å². The number of hydrogen-bond donors (Lipinski definition) is 1. The van der Waals surface area contributed by atoms with E-state index >= 15 is 0 Å². The first-order valence-electron chi connectivity index (χ1n) is 9.36. The Kier molecular flexibility index (Phi) is 7.74. The Morgan fingerprint density at radius 1 is 0.920 bits per heavy atom. The van der Waals surface area contributed by atoms with Crippen molar-refractivity contribution in [1.82, 2.24) is 14.9 Å². The van der Waals surface area contributed by atoms with Gasteiger partial charge in [0.1, 0.15) is 12.1 Å². The van der Waals surface area contributed by atoms with E-state index in [0.29, 0.717) is 12.0 Å². The van der Waals surface area contributed by atoms with E-state index in [2.05, 4.69) is 25.8 Å². The summed E-state index contributed by atoms with van der Waals surface area (Å²) in [5.41, 5.74) is 7.10. The minimum Gasteiger partial charge on any atom is -0.356 e. The third-order valence-electron chi connectivity index (χ3n) is 5.96. The van der Waals surface area contributed by atoms with Crippen LogP contribution in [0.2, 0.25) is 0 Å². The Bertz CT molecular complexity index is 524. The van der Waals surface area contributed by atoms with E-state index in [9.17, 15) is 0 Å². The van der Waals surface area contributed by atoms with E-state index < -0.39 is 0 Å². The lowest BCUT2D eigenvalue weighted by Gasteiger charge is -2.40. The van der Waals surface area contributed by atoms with Gasteiger partial charge < -0.3 is 15.5 Å². The van der Waals surface area contributed by atoms with Crippen molar-refractivity contribution in [3.8, 4) is 0 Å². The molecular formula is C18H31Cl2N5. The molecule has 5 nitrogen and oxygen atoms in total. The quantitative estimate of drug-likeness (QED) is 0.863. The van der Waals surface area contributed by atoms with Gasteiger partial charge in [-0.25, -0.2) is 9.97 Å². The maximum Gasteiger partial charge on any atom is 0.132 e. The Balaban J connectivity index is 0.00000113. The number of halogens is 2. The van der Waals surface area contributed by atoms with E-state index in [0.717, 1.165) is 37.8 Å². The lowest BCUT2D eigenvalue weighted by atomic mass is 9.78. The molecule has 1 aromatic rings. The summed E-state index contributed by atoms with van der Waals surface area (Å²) in [5, 5.41) is 0. The molecule has 2 aliphatic heterocycles. The summed E-state index contributed by atoms with van der Waals surface area (Å²) in [4.78, 5) is 14.2. The number of nitrogens with two attached hydrogens (primary N) is 1. The summed E-state index contributed by atoms with van der Waals surface area (Å²) in [6.07, 6.45) is 10.6. The number of anilines is 1. The zero-order valence-electron chi connectivity index (χ0n) is 14.8. The predicted octanol–water partition coefficient (Wildman–Crippen LogP) is 2.98. The zero-order chi connectivity index (χ0) is 15.6. The maximum absolute atomic E-state index is 5.91. The molecule has 1 saturated carbocycles. The van der Waals surface area contributed by atoms with Crippen molar-refractivity contribution in [3.63, 3.8) is 0 Å². The van der Waals surface area contributed by atoms with Crippen molar-refractivity contribution in [3.05, 3.63) is 18.1 Å². The van der Waals surface area contributed by atoms with Crippen molar-refractivity contribution in [2.45, 2.75) is 62.9 Å². The number of aromatic nitrogens is 2. The van der Waals surface area contributed by atoms with Crippen molar-refractivity contribution >= 4 is 30.6 Å². The summed E-state index contributed by atoms with van der Waals surface area (Å²) < 4.78 is 0. The van der Waals surface area contributed by atoms with Crippen LogP contribution in [-0.4, -0.2) is 53.1 Å². The molecule has 0 unspecified atom stereocenters. The Morgan fingerprint density at radius 2 is 1.60 bits per heavy atom. The fourth-order valence-electron chi connectivity index (χ4n) is 4.40. The predicted molar refractivity (Wildman–Crippen MR) is 107 cm³/mol. The SMILES string of the molecule is Cl.Cl.NC1CC(c2cc(N3CCC(N4CCCCC4)CC3)ncn2)C1. The molecule has 1 aromatic heterocycles. The molecule has 4 rings (SSSR count). The van der Waals surface area contributed by atoms with Crippen LogP contribution in [0, 0.1) is 0 Å².